The number of hydrogen-bond donors (Lipinski definition) is 0. The molecule has 0 radical (unpaired) electrons. The molecule has 0 spiro atoms. The van der Waals surface area contributed by atoms with Crippen molar-refractivity contribution in [2.45, 2.75) is 32.9 Å². The second-order valence-corrected chi connectivity index (χ2v) is 4.71. The molecule has 1 amide bonds. The number of likely N-dealkylation sites (N-methyl/N-ethyl adjacent to an activating group) is 1. The third kappa shape index (κ3) is 4.87. The second-order valence-electron chi connectivity index (χ2n) is 4.71. The molecule has 0 fully saturated rings. The average molecular weight is 261 g/mol. The van der Waals surface area contributed by atoms with Crippen LogP contribution in [0.25, 0.3) is 0 Å². The predicted molar refractivity (Wildman–Crippen MR) is 77.9 cm³/mol. The molecule has 0 aliphatic carbocycles. The zero-order chi connectivity index (χ0) is 14.3. The lowest BCUT2D eigenvalue weighted by molar-refractivity contribution is -0.141. The molecule has 0 aromatic heterocycles. The van der Waals surface area contributed by atoms with Crippen LogP contribution in [-0.4, -0.2) is 30.6 Å². The fourth-order valence-corrected chi connectivity index (χ4v) is 1.83. The van der Waals surface area contributed by atoms with Gasteiger partial charge in [-0.25, -0.2) is 0 Å². The summed E-state index contributed by atoms with van der Waals surface area (Å²) in [5, 5.41) is 0. The lowest BCUT2D eigenvalue weighted by Crippen LogP contribution is -2.36. The Morgan fingerprint density at radius 1 is 1.47 bits per heavy atom. The summed E-state index contributed by atoms with van der Waals surface area (Å²) in [6, 6.07) is 8.09. The van der Waals surface area contributed by atoms with Crippen LogP contribution in [0.15, 0.2) is 36.9 Å². The lowest BCUT2D eigenvalue weighted by atomic mass is 10.1. The van der Waals surface area contributed by atoms with E-state index in [1.807, 2.05) is 25.2 Å². The van der Waals surface area contributed by atoms with Gasteiger partial charge in [0, 0.05) is 13.6 Å². The molecular weight excluding hydrogens is 238 g/mol. The molecule has 0 aliphatic rings. The Bertz CT molecular complexity index is 429. The highest BCUT2D eigenvalue weighted by atomic mass is 16.5. The van der Waals surface area contributed by atoms with Crippen molar-refractivity contribution in [1.29, 1.82) is 0 Å². The van der Waals surface area contributed by atoms with Crippen LogP contribution in [0, 0.1) is 6.92 Å². The van der Waals surface area contributed by atoms with Gasteiger partial charge in [-0.05, 0) is 31.4 Å². The van der Waals surface area contributed by atoms with Crippen molar-refractivity contribution in [2.24, 2.45) is 0 Å². The maximum Gasteiger partial charge on any atom is 0.251 e. The number of rotatable bonds is 7. The number of carbonyl (C=O) groups is 1. The van der Waals surface area contributed by atoms with Gasteiger partial charge in [0.1, 0.15) is 6.10 Å². The van der Waals surface area contributed by atoms with Gasteiger partial charge < -0.3 is 9.64 Å². The third-order valence-electron chi connectivity index (χ3n) is 3.08. The molecule has 1 aromatic rings. The molecule has 1 unspecified atom stereocenters. The van der Waals surface area contributed by atoms with Gasteiger partial charge in [0.2, 0.25) is 0 Å². The fourth-order valence-electron chi connectivity index (χ4n) is 1.83. The summed E-state index contributed by atoms with van der Waals surface area (Å²) in [6.45, 7) is 8.62. The molecule has 0 saturated heterocycles. The zero-order valence-electron chi connectivity index (χ0n) is 12.1. The van der Waals surface area contributed by atoms with Crippen molar-refractivity contribution in [2.75, 3.05) is 13.7 Å². The minimum Gasteiger partial charge on any atom is -0.368 e. The highest BCUT2D eigenvalue weighted by molar-refractivity contribution is 5.80. The molecule has 19 heavy (non-hydrogen) atoms. The summed E-state index contributed by atoms with van der Waals surface area (Å²) in [4.78, 5) is 13.8. The number of benzene rings is 1. The van der Waals surface area contributed by atoms with Crippen LogP contribution in [-0.2, 0) is 16.1 Å². The number of ether oxygens (including phenoxy) is 1. The van der Waals surface area contributed by atoms with E-state index in [9.17, 15) is 4.79 Å². The quantitative estimate of drug-likeness (QED) is 0.558. The van der Waals surface area contributed by atoms with E-state index in [1.54, 1.807) is 17.9 Å². The molecule has 0 bridgehead atoms. The predicted octanol–water partition coefficient (Wildman–Crippen LogP) is 2.93. The first-order valence-corrected chi connectivity index (χ1v) is 6.58. The summed E-state index contributed by atoms with van der Waals surface area (Å²) < 4.78 is 5.47. The van der Waals surface area contributed by atoms with Gasteiger partial charge in [-0.1, -0.05) is 30.3 Å². The molecule has 1 rings (SSSR count). The molecule has 3 nitrogen and oxygen atoms in total. The number of nitrogens with zero attached hydrogens (tertiary/aromatic N) is 1. The van der Waals surface area contributed by atoms with Gasteiger partial charge in [-0.2, -0.15) is 0 Å². The Kier molecular flexibility index (Phi) is 6.30. The standard InChI is InChI=1S/C16H23NO2/c1-5-6-11-19-14(3)16(18)17(4)12-15-10-8-7-9-13(15)2/h5,7-10,14H,1,6,11-12H2,2-4H3. The first-order valence-electron chi connectivity index (χ1n) is 6.58. The first kappa shape index (κ1) is 15.4. The lowest BCUT2D eigenvalue weighted by Gasteiger charge is -2.22. The van der Waals surface area contributed by atoms with Crippen LogP contribution in [0.4, 0.5) is 0 Å². The van der Waals surface area contributed by atoms with E-state index in [1.165, 1.54) is 5.56 Å². The van der Waals surface area contributed by atoms with Crippen molar-refractivity contribution in [3.63, 3.8) is 0 Å². The Hall–Kier alpha value is -1.61. The smallest absolute Gasteiger partial charge is 0.251 e. The van der Waals surface area contributed by atoms with Crippen molar-refractivity contribution in [3.8, 4) is 0 Å². The molecule has 1 aromatic carbocycles. The second kappa shape index (κ2) is 7.74. The Morgan fingerprint density at radius 3 is 2.79 bits per heavy atom. The van der Waals surface area contributed by atoms with Crippen LogP contribution < -0.4 is 0 Å². The topological polar surface area (TPSA) is 29.5 Å². The van der Waals surface area contributed by atoms with Crippen LogP contribution in [0.3, 0.4) is 0 Å². The number of amides is 1. The minimum atomic E-state index is -0.408. The summed E-state index contributed by atoms with van der Waals surface area (Å²) >= 11 is 0. The van der Waals surface area contributed by atoms with Crippen LogP contribution >= 0.6 is 0 Å². The van der Waals surface area contributed by atoms with Crippen LogP contribution in [0.2, 0.25) is 0 Å². The SMILES string of the molecule is C=CCCOC(C)C(=O)N(C)Cc1ccccc1C. The molecule has 0 saturated carbocycles. The van der Waals surface area contributed by atoms with Crippen LogP contribution in [0.5, 0.6) is 0 Å². The fraction of sp³-hybridized carbons (Fsp3) is 0.438. The van der Waals surface area contributed by atoms with Gasteiger partial charge in [0.05, 0.1) is 6.61 Å². The molecule has 0 N–H and O–H groups in total. The van der Waals surface area contributed by atoms with E-state index in [4.69, 9.17) is 4.74 Å². The largest absolute Gasteiger partial charge is 0.368 e. The normalized spacial score (nSPS) is 11.9. The third-order valence-corrected chi connectivity index (χ3v) is 3.08. The zero-order valence-corrected chi connectivity index (χ0v) is 12.1. The Labute approximate surface area is 115 Å². The minimum absolute atomic E-state index is 0.00677. The number of carbonyl (C=O) groups excluding carboxylic acids is 1. The van der Waals surface area contributed by atoms with Gasteiger partial charge in [0.25, 0.3) is 5.91 Å². The average Bonchev–Trinajstić information content (AvgIpc) is 2.40. The van der Waals surface area contributed by atoms with Crippen molar-refractivity contribution < 1.29 is 9.53 Å². The van der Waals surface area contributed by atoms with E-state index in [-0.39, 0.29) is 5.91 Å². The molecule has 0 aliphatic heterocycles. The van der Waals surface area contributed by atoms with Crippen LogP contribution in [0.1, 0.15) is 24.5 Å². The van der Waals surface area contributed by atoms with E-state index in [0.717, 1.165) is 12.0 Å². The van der Waals surface area contributed by atoms with Gasteiger partial charge >= 0.3 is 0 Å². The Morgan fingerprint density at radius 2 is 2.16 bits per heavy atom. The highest BCUT2D eigenvalue weighted by Gasteiger charge is 2.18. The molecule has 1 atom stereocenters. The van der Waals surface area contributed by atoms with Crippen molar-refractivity contribution >= 4 is 5.91 Å². The summed E-state index contributed by atoms with van der Waals surface area (Å²) in [7, 11) is 1.81. The molecule has 0 heterocycles. The van der Waals surface area contributed by atoms with Crippen molar-refractivity contribution in [3.05, 3.63) is 48.0 Å². The molecular formula is C16H23NO2. The highest BCUT2D eigenvalue weighted by Crippen LogP contribution is 2.10. The van der Waals surface area contributed by atoms with Gasteiger partial charge in [-0.3, -0.25) is 4.79 Å². The Balaban J connectivity index is 2.52. The maximum atomic E-state index is 12.1. The van der Waals surface area contributed by atoms with Crippen molar-refractivity contribution in [1.82, 2.24) is 4.90 Å². The first-order chi connectivity index (χ1) is 9.06. The van der Waals surface area contributed by atoms with E-state index >= 15 is 0 Å². The summed E-state index contributed by atoms with van der Waals surface area (Å²) in [5.41, 5.74) is 2.36. The molecule has 3 heteroatoms. The van der Waals surface area contributed by atoms with E-state index in [0.29, 0.717) is 13.2 Å². The van der Waals surface area contributed by atoms with E-state index in [2.05, 4.69) is 19.6 Å². The summed E-state index contributed by atoms with van der Waals surface area (Å²) in [6.07, 6.45) is 2.14. The van der Waals surface area contributed by atoms with E-state index < -0.39 is 6.10 Å². The number of hydrogen-bond acceptors (Lipinski definition) is 2. The van der Waals surface area contributed by atoms with Gasteiger partial charge in [0.15, 0.2) is 0 Å². The maximum absolute atomic E-state index is 12.1. The van der Waals surface area contributed by atoms with Gasteiger partial charge in [-0.15, -0.1) is 6.58 Å². The molecule has 104 valence electrons. The monoisotopic (exact) mass is 261 g/mol. The number of aryl methyl sites for hydroxylation is 1. The summed E-state index contributed by atoms with van der Waals surface area (Å²) in [5.74, 6) is 0.00677.